The van der Waals surface area contributed by atoms with Crippen LogP contribution in [0.25, 0.3) is 0 Å². The van der Waals surface area contributed by atoms with Gasteiger partial charge in [-0.25, -0.2) is 9.97 Å². The molecule has 2 aromatic rings. The van der Waals surface area contributed by atoms with Crippen LogP contribution in [0.2, 0.25) is 0 Å². The van der Waals surface area contributed by atoms with E-state index in [1.54, 1.807) is 0 Å². The lowest BCUT2D eigenvalue weighted by Crippen LogP contribution is -1.97. The Morgan fingerprint density at radius 2 is 1.46 bits per heavy atom. The van der Waals surface area contributed by atoms with Crippen molar-refractivity contribution in [3.63, 3.8) is 0 Å². The molecule has 0 saturated carbocycles. The van der Waals surface area contributed by atoms with E-state index < -0.39 is 0 Å². The highest BCUT2D eigenvalue weighted by molar-refractivity contribution is 7.26. The van der Waals surface area contributed by atoms with Crippen molar-refractivity contribution in [2.75, 3.05) is 0 Å². The molecule has 2 rings (SSSR count). The van der Waals surface area contributed by atoms with Crippen molar-refractivity contribution in [2.24, 2.45) is 0 Å². The van der Waals surface area contributed by atoms with E-state index in [-0.39, 0.29) is 0 Å². The summed E-state index contributed by atoms with van der Waals surface area (Å²) in [6.07, 6.45) is 4.46. The van der Waals surface area contributed by atoms with Gasteiger partial charge in [0, 0.05) is 30.2 Å². The number of rotatable bonds is 2. The summed E-state index contributed by atoms with van der Waals surface area (Å²) in [5.74, 6) is 0. The molecular formula is C7H10N4P2. The molecule has 2 heterocycles. The molecule has 2 N–H and O–H groups in total. The predicted molar refractivity (Wildman–Crippen MR) is 58.7 cm³/mol. The third kappa shape index (κ3) is 2.15. The molecule has 2 unspecified atom stereocenters. The molecule has 0 amide bonds. The summed E-state index contributed by atoms with van der Waals surface area (Å²) >= 11 is 0. The molecule has 0 bridgehead atoms. The zero-order valence-electron chi connectivity index (χ0n) is 6.91. The van der Waals surface area contributed by atoms with E-state index in [9.17, 15) is 0 Å². The normalized spacial score (nSPS) is 10.6. The molecule has 4 nitrogen and oxygen atoms in total. The second-order valence-electron chi connectivity index (χ2n) is 2.76. The molecule has 2 atom stereocenters. The average Bonchev–Trinajstić information content (AvgIpc) is 2.62. The van der Waals surface area contributed by atoms with E-state index in [2.05, 4.69) is 38.4 Å². The van der Waals surface area contributed by atoms with E-state index in [0.29, 0.717) is 0 Å². The zero-order chi connectivity index (χ0) is 9.26. The maximum atomic E-state index is 4.09. The number of aromatic amines is 2. The average molecular weight is 212 g/mol. The van der Waals surface area contributed by atoms with Gasteiger partial charge in [0.1, 0.15) is 11.1 Å². The Balaban J connectivity index is 2.14. The van der Waals surface area contributed by atoms with Crippen LogP contribution in [0.5, 0.6) is 0 Å². The van der Waals surface area contributed by atoms with Crippen molar-refractivity contribution in [3.05, 3.63) is 23.8 Å². The van der Waals surface area contributed by atoms with Crippen molar-refractivity contribution in [2.45, 2.75) is 6.42 Å². The SMILES string of the molecule is Pc1ncc(Cc2cnc(P)[nH]2)[nH]1. The monoisotopic (exact) mass is 212 g/mol. The van der Waals surface area contributed by atoms with Crippen LogP contribution in [-0.2, 0) is 6.42 Å². The van der Waals surface area contributed by atoms with Crippen LogP contribution in [0.15, 0.2) is 12.4 Å². The Labute approximate surface area is 80.4 Å². The van der Waals surface area contributed by atoms with Gasteiger partial charge < -0.3 is 9.97 Å². The van der Waals surface area contributed by atoms with Crippen LogP contribution in [0.4, 0.5) is 0 Å². The van der Waals surface area contributed by atoms with Crippen molar-refractivity contribution in [1.82, 2.24) is 19.9 Å². The van der Waals surface area contributed by atoms with Crippen LogP contribution in [0.3, 0.4) is 0 Å². The molecule has 13 heavy (non-hydrogen) atoms. The highest BCUT2D eigenvalue weighted by Gasteiger charge is 2.00. The minimum Gasteiger partial charge on any atom is -0.342 e. The van der Waals surface area contributed by atoms with E-state index in [1.807, 2.05) is 12.4 Å². The van der Waals surface area contributed by atoms with E-state index in [0.717, 1.165) is 28.9 Å². The number of nitrogens with one attached hydrogen (secondary N) is 2. The summed E-state index contributed by atoms with van der Waals surface area (Å²) in [5, 5.41) is 0. The van der Waals surface area contributed by atoms with Crippen molar-refractivity contribution in [3.8, 4) is 0 Å². The molecule has 0 radical (unpaired) electrons. The molecule has 0 aliphatic heterocycles. The molecule has 0 fully saturated rings. The van der Waals surface area contributed by atoms with Gasteiger partial charge in [0.05, 0.1) is 0 Å². The fourth-order valence-corrected chi connectivity index (χ4v) is 1.66. The van der Waals surface area contributed by atoms with Gasteiger partial charge in [-0.3, -0.25) is 0 Å². The number of hydrogen-bond acceptors (Lipinski definition) is 2. The second kappa shape index (κ2) is 3.57. The number of nitrogens with zero attached hydrogens (tertiary/aromatic N) is 2. The first-order chi connectivity index (χ1) is 6.24. The molecule has 0 aliphatic carbocycles. The number of aromatic nitrogens is 4. The molecule has 0 aromatic carbocycles. The molecule has 6 heteroatoms. The lowest BCUT2D eigenvalue weighted by atomic mass is 10.3. The van der Waals surface area contributed by atoms with Gasteiger partial charge in [-0.1, -0.05) is 18.5 Å². The summed E-state index contributed by atoms with van der Waals surface area (Å²) in [5.41, 5.74) is 3.89. The third-order valence-corrected chi connectivity index (χ3v) is 2.26. The maximum absolute atomic E-state index is 4.09. The maximum Gasteiger partial charge on any atom is 0.122 e. The van der Waals surface area contributed by atoms with Gasteiger partial charge in [0.15, 0.2) is 0 Å². The minimum atomic E-state index is 0.808. The molecular weight excluding hydrogens is 202 g/mol. The number of hydrogen-bond donors (Lipinski definition) is 2. The van der Waals surface area contributed by atoms with Crippen LogP contribution >= 0.6 is 18.5 Å². The molecule has 68 valence electrons. The first kappa shape index (κ1) is 8.86. The van der Waals surface area contributed by atoms with E-state index in [1.165, 1.54) is 0 Å². The van der Waals surface area contributed by atoms with Crippen LogP contribution in [0, 0.1) is 0 Å². The second-order valence-corrected chi connectivity index (χ2v) is 3.86. The predicted octanol–water partition coefficient (Wildman–Crippen LogP) is -0.276. The fraction of sp³-hybridized carbons (Fsp3) is 0.143. The summed E-state index contributed by atoms with van der Waals surface area (Å²) in [7, 11) is 5.05. The van der Waals surface area contributed by atoms with Crippen LogP contribution < -0.4 is 11.1 Å². The summed E-state index contributed by atoms with van der Waals surface area (Å²) in [6, 6.07) is 0. The Hall–Kier alpha value is -0.720. The van der Waals surface area contributed by atoms with Gasteiger partial charge in [-0.2, -0.15) is 0 Å². The first-order valence-corrected chi connectivity index (χ1v) is 4.98. The molecule has 0 saturated heterocycles. The van der Waals surface area contributed by atoms with Gasteiger partial charge in [0.25, 0.3) is 0 Å². The largest absolute Gasteiger partial charge is 0.342 e. The Morgan fingerprint density at radius 1 is 1.00 bits per heavy atom. The number of H-pyrrole nitrogens is 2. The van der Waals surface area contributed by atoms with Crippen LogP contribution in [0.1, 0.15) is 11.4 Å². The highest BCUT2D eigenvalue weighted by Crippen LogP contribution is 2.01. The third-order valence-electron chi connectivity index (χ3n) is 1.68. The van der Waals surface area contributed by atoms with Crippen LogP contribution in [-0.4, -0.2) is 19.9 Å². The topological polar surface area (TPSA) is 57.4 Å². The number of imidazole rings is 2. The first-order valence-electron chi connectivity index (χ1n) is 3.83. The van der Waals surface area contributed by atoms with Gasteiger partial charge in [-0.05, 0) is 0 Å². The summed E-state index contributed by atoms with van der Waals surface area (Å²) in [6.45, 7) is 0. The van der Waals surface area contributed by atoms with Gasteiger partial charge in [0.2, 0.25) is 0 Å². The Kier molecular flexibility index (Phi) is 2.43. The summed E-state index contributed by atoms with van der Waals surface area (Å²) in [4.78, 5) is 14.4. The van der Waals surface area contributed by atoms with Crippen molar-refractivity contribution < 1.29 is 0 Å². The smallest absolute Gasteiger partial charge is 0.122 e. The highest BCUT2D eigenvalue weighted by atomic mass is 31.0. The molecule has 2 aromatic heterocycles. The lowest BCUT2D eigenvalue weighted by molar-refractivity contribution is 1.06. The summed E-state index contributed by atoms with van der Waals surface area (Å²) < 4.78 is 0. The molecule has 0 aliphatic rings. The zero-order valence-corrected chi connectivity index (χ0v) is 9.22. The Morgan fingerprint density at radius 3 is 1.77 bits per heavy atom. The van der Waals surface area contributed by atoms with E-state index >= 15 is 0 Å². The van der Waals surface area contributed by atoms with Gasteiger partial charge >= 0.3 is 0 Å². The standard InChI is InChI=1S/C7H10N4P2/c12-6-8-2-4(10-6)1-5-3-9-7(13)11-5/h2-3H,1,12-13H2,(H,8,10)(H,9,11). The van der Waals surface area contributed by atoms with Gasteiger partial charge in [-0.15, -0.1) is 0 Å². The van der Waals surface area contributed by atoms with Crippen molar-refractivity contribution >= 4 is 29.6 Å². The quantitative estimate of drug-likeness (QED) is 0.673. The van der Waals surface area contributed by atoms with E-state index in [4.69, 9.17) is 0 Å². The minimum absolute atomic E-state index is 0.808. The fourth-order valence-electron chi connectivity index (χ4n) is 1.14. The Bertz CT molecular complexity index is 368. The lowest BCUT2D eigenvalue weighted by Gasteiger charge is -1.92. The molecule has 0 spiro atoms. The van der Waals surface area contributed by atoms with Crippen molar-refractivity contribution in [1.29, 1.82) is 0 Å².